The van der Waals surface area contributed by atoms with E-state index >= 15 is 0 Å². The zero-order chi connectivity index (χ0) is 12.0. The van der Waals surface area contributed by atoms with Gasteiger partial charge in [-0.05, 0) is 68.1 Å². The van der Waals surface area contributed by atoms with Gasteiger partial charge in [0.1, 0.15) is 0 Å². The summed E-state index contributed by atoms with van der Waals surface area (Å²) in [5.41, 5.74) is 9.47. The summed E-state index contributed by atoms with van der Waals surface area (Å²) in [6.45, 7) is 2.32. The second-order valence-corrected chi connectivity index (χ2v) is 6.10. The first-order valence-electron chi connectivity index (χ1n) is 6.33. The first-order chi connectivity index (χ1) is 8.11. The number of likely N-dealkylation sites (tertiary alicyclic amines) is 1. The van der Waals surface area contributed by atoms with Gasteiger partial charge in [-0.25, -0.2) is 0 Å². The van der Waals surface area contributed by atoms with E-state index in [0.717, 1.165) is 24.5 Å². The average Bonchev–Trinajstić information content (AvgIpc) is 2.58. The zero-order valence-corrected chi connectivity index (χ0v) is 11.0. The van der Waals surface area contributed by atoms with Crippen LogP contribution in [0.2, 0.25) is 5.02 Å². The van der Waals surface area contributed by atoms with Crippen molar-refractivity contribution >= 4 is 11.6 Å². The van der Waals surface area contributed by atoms with Crippen molar-refractivity contribution in [2.24, 2.45) is 11.1 Å². The molecule has 1 atom stereocenters. The van der Waals surface area contributed by atoms with E-state index in [1.54, 1.807) is 0 Å². The van der Waals surface area contributed by atoms with Crippen LogP contribution in [0.15, 0.2) is 18.2 Å². The van der Waals surface area contributed by atoms with Crippen molar-refractivity contribution in [2.75, 3.05) is 20.1 Å². The lowest BCUT2D eigenvalue weighted by atomic mass is 9.73. The molecule has 0 unspecified atom stereocenters. The Bertz CT molecular complexity index is 436. The molecule has 0 aromatic heterocycles. The molecule has 3 rings (SSSR count). The smallest absolute Gasteiger partial charge is 0.0409 e. The lowest BCUT2D eigenvalue weighted by Gasteiger charge is -2.41. The number of nitrogens with zero attached hydrogens (tertiary/aromatic N) is 1. The summed E-state index contributed by atoms with van der Waals surface area (Å²) < 4.78 is 0. The summed E-state index contributed by atoms with van der Waals surface area (Å²) in [6, 6.07) is 6.38. The zero-order valence-electron chi connectivity index (χ0n) is 10.2. The predicted octanol–water partition coefficient (Wildman–Crippen LogP) is 2.61. The van der Waals surface area contributed by atoms with Crippen molar-refractivity contribution in [1.29, 1.82) is 0 Å². The number of benzene rings is 1. The largest absolute Gasteiger partial charge is 0.323 e. The summed E-state index contributed by atoms with van der Waals surface area (Å²) >= 11 is 6.08. The van der Waals surface area contributed by atoms with Gasteiger partial charge in [-0.3, -0.25) is 0 Å². The Morgan fingerprint density at radius 2 is 2.06 bits per heavy atom. The van der Waals surface area contributed by atoms with Crippen molar-refractivity contribution in [3.05, 3.63) is 34.3 Å². The second kappa shape index (κ2) is 3.98. The van der Waals surface area contributed by atoms with E-state index < -0.39 is 0 Å². The maximum absolute atomic E-state index is 6.49. The van der Waals surface area contributed by atoms with Gasteiger partial charge in [-0.1, -0.05) is 17.7 Å². The normalized spacial score (nSPS) is 27.4. The fourth-order valence-electron chi connectivity index (χ4n) is 3.39. The summed E-state index contributed by atoms with van der Waals surface area (Å²) in [4.78, 5) is 2.40. The van der Waals surface area contributed by atoms with Crippen LogP contribution in [-0.4, -0.2) is 25.0 Å². The third kappa shape index (κ3) is 1.79. The Morgan fingerprint density at radius 1 is 1.35 bits per heavy atom. The molecule has 1 aromatic rings. The molecule has 0 bridgehead atoms. The number of fused-ring (bicyclic) bond motifs is 1. The number of hydrogen-bond acceptors (Lipinski definition) is 2. The summed E-state index contributed by atoms with van der Waals surface area (Å²) in [6.07, 6.45) is 3.54. The van der Waals surface area contributed by atoms with E-state index in [4.69, 9.17) is 17.3 Å². The fourth-order valence-corrected chi connectivity index (χ4v) is 3.57. The van der Waals surface area contributed by atoms with Crippen LogP contribution in [0.1, 0.15) is 30.0 Å². The van der Waals surface area contributed by atoms with Crippen LogP contribution in [0, 0.1) is 5.41 Å². The van der Waals surface area contributed by atoms with Gasteiger partial charge >= 0.3 is 0 Å². The van der Waals surface area contributed by atoms with E-state index in [1.807, 2.05) is 6.07 Å². The third-order valence-corrected chi connectivity index (χ3v) is 4.86. The van der Waals surface area contributed by atoms with Crippen LogP contribution in [0.25, 0.3) is 0 Å². The minimum atomic E-state index is 0.171. The van der Waals surface area contributed by atoms with Gasteiger partial charge in [-0.15, -0.1) is 0 Å². The number of halogens is 1. The molecule has 1 aliphatic carbocycles. The van der Waals surface area contributed by atoms with E-state index in [0.29, 0.717) is 5.41 Å². The van der Waals surface area contributed by atoms with Crippen LogP contribution in [0.5, 0.6) is 0 Å². The predicted molar refractivity (Wildman–Crippen MR) is 71.2 cm³/mol. The van der Waals surface area contributed by atoms with Gasteiger partial charge < -0.3 is 10.6 Å². The second-order valence-electron chi connectivity index (χ2n) is 5.66. The molecular formula is C14H19ClN2. The summed E-state index contributed by atoms with van der Waals surface area (Å²) in [7, 11) is 2.19. The Kier molecular flexibility index (Phi) is 2.69. The van der Waals surface area contributed by atoms with Crippen molar-refractivity contribution in [3.63, 3.8) is 0 Å². The van der Waals surface area contributed by atoms with Gasteiger partial charge in [0.05, 0.1) is 0 Å². The molecule has 3 heteroatoms. The van der Waals surface area contributed by atoms with Crippen LogP contribution < -0.4 is 5.73 Å². The Morgan fingerprint density at radius 3 is 2.76 bits per heavy atom. The molecule has 92 valence electrons. The molecule has 2 N–H and O–H groups in total. The molecule has 1 spiro atoms. The first-order valence-corrected chi connectivity index (χ1v) is 6.71. The topological polar surface area (TPSA) is 29.3 Å². The van der Waals surface area contributed by atoms with Crippen molar-refractivity contribution in [3.8, 4) is 0 Å². The number of piperidine rings is 1. The van der Waals surface area contributed by atoms with E-state index in [1.165, 1.54) is 24.0 Å². The van der Waals surface area contributed by atoms with Gasteiger partial charge in [0.25, 0.3) is 0 Å². The highest BCUT2D eigenvalue weighted by Gasteiger charge is 2.45. The molecule has 1 heterocycles. The van der Waals surface area contributed by atoms with Crippen molar-refractivity contribution < 1.29 is 0 Å². The van der Waals surface area contributed by atoms with E-state index in [9.17, 15) is 0 Å². The van der Waals surface area contributed by atoms with Gasteiger partial charge in [-0.2, -0.15) is 0 Å². The van der Waals surface area contributed by atoms with Gasteiger partial charge in [0.2, 0.25) is 0 Å². The lowest BCUT2D eigenvalue weighted by Crippen LogP contribution is -2.42. The van der Waals surface area contributed by atoms with Crippen LogP contribution in [0.3, 0.4) is 0 Å². The SMILES string of the molecule is CN1CCC2(CC1)Cc1ccc(Cl)cc1[C@H]2N. The molecule has 1 fully saturated rings. The molecule has 1 aliphatic heterocycles. The quantitative estimate of drug-likeness (QED) is 0.767. The molecule has 17 heavy (non-hydrogen) atoms. The maximum atomic E-state index is 6.49. The monoisotopic (exact) mass is 250 g/mol. The lowest BCUT2D eigenvalue weighted by molar-refractivity contribution is 0.106. The maximum Gasteiger partial charge on any atom is 0.0409 e. The molecule has 1 aromatic carbocycles. The number of rotatable bonds is 0. The van der Waals surface area contributed by atoms with Crippen molar-refractivity contribution in [1.82, 2.24) is 4.90 Å². The summed E-state index contributed by atoms with van der Waals surface area (Å²) in [5, 5.41) is 0.809. The van der Waals surface area contributed by atoms with E-state index in [2.05, 4.69) is 24.1 Å². The standard InChI is InChI=1S/C14H19ClN2/c1-17-6-4-14(5-7-17)9-10-2-3-11(15)8-12(10)13(14)16/h2-3,8,13H,4-7,9,16H2,1H3/t13-/m1/s1. The number of hydrogen-bond donors (Lipinski definition) is 1. The molecule has 2 aliphatic rings. The molecular weight excluding hydrogens is 232 g/mol. The third-order valence-electron chi connectivity index (χ3n) is 4.63. The molecule has 0 radical (unpaired) electrons. The minimum Gasteiger partial charge on any atom is -0.323 e. The van der Waals surface area contributed by atoms with Gasteiger partial charge in [0.15, 0.2) is 0 Å². The Hall–Kier alpha value is -0.570. The molecule has 1 saturated heterocycles. The van der Waals surface area contributed by atoms with E-state index in [-0.39, 0.29) is 6.04 Å². The highest BCUT2D eigenvalue weighted by atomic mass is 35.5. The van der Waals surface area contributed by atoms with Gasteiger partial charge in [0, 0.05) is 11.1 Å². The minimum absolute atomic E-state index is 0.171. The number of nitrogens with two attached hydrogens (primary N) is 1. The molecule has 0 saturated carbocycles. The Labute approximate surface area is 108 Å². The average molecular weight is 251 g/mol. The van der Waals surface area contributed by atoms with Crippen molar-refractivity contribution in [2.45, 2.75) is 25.3 Å². The fraction of sp³-hybridized carbons (Fsp3) is 0.571. The highest BCUT2D eigenvalue weighted by Crippen LogP contribution is 2.50. The first kappa shape index (κ1) is 11.5. The highest BCUT2D eigenvalue weighted by molar-refractivity contribution is 6.30. The van der Waals surface area contributed by atoms with Crippen LogP contribution >= 0.6 is 11.6 Å². The Balaban J connectivity index is 1.93. The van der Waals surface area contributed by atoms with Crippen LogP contribution in [-0.2, 0) is 6.42 Å². The summed E-state index contributed by atoms with van der Waals surface area (Å²) in [5.74, 6) is 0. The molecule has 0 amide bonds. The molecule has 2 nitrogen and oxygen atoms in total. The van der Waals surface area contributed by atoms with Crippen LogP contribution in [0.4, 0.5) is 0 Å².